The van der Waals surface area contributed by atoms with E-state index in [1.165, 1.54) is 12.1 Å². The Morgan fingerprint density at radius 1 is 1.08 bits per heavy atom. The van der Waals surface area contributed by atoms with Crippen molar-refractivity contribution < 1.29 is 9.18 Å². The highest BCUT2D eigenvalue weighted by atomic mass is 35.5. The Labute approximate surface area is 159 Å². The standard InChI is InChI=1S/C18H13Cl2FN4O/c1-9-3-6-14(10(2)24-9)25-18(26)17-15(21)16(22-8-23-17)11-4-5-12(19)13(20)7-11/h3-8H,1-2H3,(H,25,26). The van der Waals surface area contributed by atoms with E-state index in [1.54, 1.807) is 25.1 Å². The molecule has 1 amide bonds. The Morgan fingerprint density at radius 2 is 1.85 bits per heavy atom. The lowest BCUT2D eigenvalue weighted by Crippen LogP contribution is -2.17. The summed E-state index contributed by atoms with van der Waals surface area (Å²) < 4.78 is 14.8. The van der Waals surface area contributed by atoms with Crippen LogP contribution in [0.4, 0.5) is 10.1 Å². The topological polar surface area (TPSA) is 67.8 Å². The quantitative estimate of drug-likeness (QED) is 0.693. The zero-order chi connectivity index (χ0) is 18.8. The number of nitrogens with one attached hydrogen (secondary N) is 1. The van der Waals surface area contributed by atoms with Crippen LogP contribution < -0.4 is 5.32 Å². The zero-order valence-corrected chi connectivity index (χ0v) is 15.4. The maximum Gasteiger partial charge on any atom is 0.277 e. The maximum absolute atomic E-state index is 14.8. The fraction of sp³-hybridized carbons (Fsp3) is 0.111. The van der Waals surface area contributed by atoms with Gasteiger partial charge in [0.05, 0.1) is 21.4 Å². The van der Waals surface area contributed by atoms with Gasteiger partial charge in [-0.25, -0.2) is 14.4 Å². The molecule has 8 heteroatoms. The number of carbonyl (C=O) groups is 1. The highest BCUT2D eigenvalue weighted by Crippen LogP contribution is 2.29. The molecular formula is C18H13Cl2FN4O. The van der Waals surface area contributed by atoms with Gasteiger partial charge in [-0.15, -0.1) is 0 Å². The molecule has 0 radical (unpaired) electrons. The lowest BCUT2D eigenvalue weighted by atomic mass is 10.1. The predicted molar refractivity (Wildman–Crippen MR) is 99.1 cm³/mol. The van der Waals surface area contributed by atoms with E-state index in [-0.39, 0.29) is 16.4 Å². The third-order valence-electron chi connectivity index (χ3n) is 3.67. The van der Waals surface area contributed by atoms with Gasteiger partial charge in [-0.3, -0.25) is 9.78 Å². The highest BCUT2D eigenvalue weighted by Gasteiger charge is 2.20. The van der Waals surface area contributed by atoms with E-state index in [0.717, 1.165) is 12.0 Å². The zero-order valence-electron chi connectivity index (χ0n) is 13.8. The minimum Gasteiger partial charge on any atom is -0.319 e. The summed E-state index contributed by atoms with van der Waals surface area (Å²) in [5.41, 5.74) is 1.90. The summed E-state index contributed by atoms with van der Waals surface area (Å²) in [6, 6.07) is 8.02. The molecule has 0 saturated carbocycles. The molecule has 1 N–H and O–H groups in total. The molecule has 0 saturated heterocycles. The molecule has 0 aliphatic heterocycles. The molecular weight excluding hydrogens is 378 g/mol. The molecule has 5 nitrogen and oxygen atoms in total. The number of nitrogens with zero attached hydrogens (tertiary/aromatic N) is 3. The van der Waals surface area contributed by atoms with Gasteiger partial charge in [0.25, 0.3) is 5.91 Å². The van der Waals surface area contributed by atoms with Crippen LogP contribution in [0, 0.1) is 19.7 Å². The largest absolute Gasteiger partial charge is 0.319 e. The lowest BCUT2D eigenvalue weighted by Gasteiger charge is -2.10. The van der Waals surface area contributed by atoms with Gasteiger partial charge in [0, 0.05) is 11.3 Å². The molecule has 26 heavy (non-hydrogen) atoms. The third-order valence-corrected chi connectivity index (χ3v) is 4.41. The fourth-order valence-corrected chi connectivity index (χ4v) is 2.67. The minimum atomic E-state index is -0.846. The Bertz CT molecular complexity index is 1010. The van der Waals surface area contributed by atoms with Gasteiger partial charge in [-0.05, 0) is 38.1 Å². The first-order valence-corrected chi connectivity index (χ1v) is 8.34. The van der Waals surface area contributed by atoms with Crippen molar-refractivity contribution in [2.24, 2.45) is 0 Å². The number of anilines is 1. The fourth-order valence-electron chi connectivity index (χ4n) is 2.37. The molecule has 2 aromatic heterocycles. The van der Waals surface area contributed by atoms with Gasteiger partial charge in [0.2, 0.25) is 0 Å². The van der Waals surface area contributed by atoms with Gasteiger partial charge in [-0.1, -0.05) is 29.3 Å². The Balaban J connectivity index is 1.95. The van der Waals surface area contributed by atoms with Crippen LogP contribution in [0.15, 0.2) is 36.7 Å². The summed E-state index contributed by atoms with van der Waals surface area (Å²) >= 11 is 11.8. The number of aryl methyl sites for hydroxylation is 2. The second-order valence-corrected chi connectivity index (χ2v) is 6.37. The van der Waals surface area contributed by atoms with Crippen molar-refractivity contribution in [1.82, 2.24) is 15.0 Å². The SMILES string of the molecule is Cc1ccc(NC(=O)c2ncnc(-c3ccc(Cl)c(Cl)c3)c2F)c(C)n1. The lowest BCUT2D eigenvalue weighted by molar-refractivity contribution is 0.101. The first kappa shape index (κ1) is 18.2. The van der Waals surface area contributed by atoms with Gasteiger partial charge in [-0.2, -0.15) is 0 Å². The van der Waals surface area contributed by atoms with Crippen LogP contribution in [-0.2, 0) is 0 Å². The monoisotopic (exact) mass is 390 g/mol. The van der Waals surface area contributed by atoms with Crippen LogP contribution in [-0.4, -0.2) is 20.9 Å². The molecule has 0 atom stereocenters. The molecule has 0 bridgehead atoms. The molecule has 0 aliphatic carbocycles. The third kappa shape index (κ3) is 3.66. The van der Waals surface area contributed by atoms with Crippen LogP contribution in [0.3, 0.4) is 0 Å². The van der Waals surface area contributed by atoms with E-state index in [0.29, 0.717) is 22.0 Å². The summed E-state index contributed by atoms with van der Waals surface area (Å²) in [6.45, 7) is 3.59. The van der Waals surface area contributed by atoms with Gasteiger partial charge >= 0.3 is 0 Å². The van der Waals surface area contributed by atoms with Gasteiger partial charge < -0.3 is 5.32 Å². The maximum atomic E-state index is 14.8. The Hall–Kier alpha value is -2.57. The van der Waals surface area contributed by atoms with E-state index in [4.69, 9.17) is 23.2 Å². The molecule has 2 heterocycles. The van der Waals surface area contributed by atoms with Gasteiger partial charge in [0.1, 0.15) is 12.0 Å². The number of rotatable bonds is 3. The van der Waals surface area contributed by atoms with Crippen molar-refractivity contribution in [2.45, 2.75) is 13.8 Å². The predicted octanol–water partition coefficient (Wildman–Crippen LogP) is 4.85. The number of hydrogen-bond donors (Lipinski definition) is 1. The van der Waals surface area contributed by atoms with Crippen molar-refractivity contribution in [3.8, 4) is 11.3 Å². The number of benzene rings is 1. The van der Waals surface area contributed by atoms with Crippen LogP contribution in [0.5, 0.6) is 0 Å². The molecule has 3 aromatic rings. The molecule has 0 aliphatic rings. The number of carbonyl (C=O) groups excluding carboxylic acids is 1. The van der Waals surface area contributed by atoms with Crippen LogP contribution in [0.1, 0.15) is 21.9 Å². The van der Waals surface area contributed by atoms with E-state index in [1.807, 2.05) is 6.92 Å². The molecule has 3 rings (SSSR count). The molecule has 132 valence electrons. The average Bonchev–Trinajstić information content (AvgIpc) is 2.60. The summed E-state index contributed by atoms with van der Waals surface area (Å²) in [6.07, 6.45) is 1.12. The van der Waals surface area contributed by atoms with Crippen molar-refractivity contribution in [3.05, 3.63) is 69.6 Å². The van der Waals surface area contributed by atoms with Gasteiger partial charge in [0.15, 0.2) is 11.5 Å². The second-order valence-electron chi connectivity index (χ2n) is 5.55. The molecule has 0 unspecified atom stereocenters. The molecule has 0 spiro atoms. The van der Waals surface area contributed by atoms with Crippen molar-refractivity contribution in [3.63, 3.8) is 0 Å². The molecule has 0 fully saturated rings. The average molecular weight is 391 g/mol. The van der Waals surface area contributed by atoms with Crippen LogP contribution in [0.25, 0.3) is 11.3 Å². The Kier molecular flexibility index (Phi) is 5.15. The number of amides is 1. The Morgan fingerprint density at radius 3 is 2.54 bits per heavy atom. The van der Waals surface area contributed by atoms with Crippen molar-refractivity contribution in [1.29, 1.82) is 0 Å². The van der Waals surface area contributed by atoms with E-state index >= 15 is 0 Å². The summed E-state index contributed by atoms with van der Waals surface area (Å²) in [5, 5.41) is 3.21. The van der Waals surface area contributed by atoms with E-state index in [9.17, 15) is 9.18 Å². The number of pyridine rings is 1. The summed E-state index contributed by atoms with van der Waals surface area (Å²) in [5.74, 6) is -1.54. The first-order valence-electron chi connectivity index (χ1n) is 7.58. The van der Waals surface area contributed by atoms with Crippen LogP contribution >= 0.6 is 23.2 Å². The second kappa shape index (κ2) is 7.35. The minimum absolute atomic E-state index is 0.0394. The van der Waals surface area contributed by atoms with Crippen LogP contribution in [0.2, 0.25) is 10.0 Å². The normalized spacial score (nSPS) is 10.7. The number of hydrogen-bond acceptors (Lipinski definition) is 4. The summed E-state index contributed by atoms with van der Waals surface area (Å²) in [7, 11) is 0. The van der Waals surface area contributed by atoms with Crippen molar-refractivity contribution in [2.75, 3.05) is 5.32 Å². The smallest absolute Gasteiger partial charge is 0.277 e. The highest BCUT2D eigenvalue weighted by molar-refractivity contribution is 6.42. The first-order chi connectivity index (χ1) is 12.4. The molecule has 1 aromatic carbocycles. The number of aromatic nitrogens is 3. The van der Waals surface area contributed by atoms with E-state index in [2.05, 4.69) is 20.3 Å². The van der Waals surface area contributed by atoms with Crippen molar-refractivity contribution >= 4 is 34.8 Å². The van der Waals surface area contributed by atoms with E-state index < -0.39 is 11.7 Å². The number of halogens is 3. The summed E-state index contributed by atoms with van der Waals surface area (Å²) in [4.78, 5) is 24.4.